The van der Waals surface area contributed by atoms with Crippen molar-refractivity contribution in [3.05, 3.63) is 54.6 Å². The Bertz CT molecular complexity index is 627. The predicted octanol–water partition coefficient (Wildman–Crippen LogP) is 4.83. The molecule has 5 heteroatoms. The van der Waals surface area contributed by atoms with Crippen LogP contribution in [0, 0.1) is 0 Å². The molecule has 0 spiro atoms. The fourth-order valence-electron chi connectivity index (χ4n) is 1.34. The average Bonchev–Trinajstić information content (AvgIpc) is 2.50. The lowest BCUT2D eigenvalue weighted by Gasteiger charge is -2.07. The summed E-state index contributed by atoms with van der Waals surface area (Å²) in [5.41, 5.74) is 0.520. The third kappa shape index (κ3) is 6.23. The minimum Gasteiger partial charge on any atom is -0.280 e. The summed E-state index contributed by atoms with van der Waals surface area (Å²) in [5, 5.41) is 0. The van der Waals surface area contributed by atoms with E-state index in [1.54, 1.807) is 54.6 Å². The second-order valence-electron chi connectivity index (χ2n) is 4.47. The van der Waals surface area contributed by atoms with Gasteiger partial charge in [0.15, 0.2) is 0 Å². The van der Waals surface area contributed by atoms with Gasteiger partial charge in [0.25, 0.3) is 10.0 Å². The standard InChI is InChI=1S/C12H11NO2S2.C4H10.H2/c14-17(15,12-4-2-1-3-5-12)13-10-6-8-11(16)9-7-10;1-3-4-2;/h1-9,13,16H;3-4H2,1-2H3;1H. The quantitative estimate of drug-likeness (QED) is 0.791. The van der Waals surface area contributed by atoms with E-state index in [1.807, 2.05) is 0 Å². The molecule has 0 saturated carbocycles. The van der Waals surface area contributed by atoms with E-state index in [0.29, 0.717) is 5.69 Å². The number of hydrogen-bond donors (Lipinski definition) is 2. The van der Waals surface area contributed by atoms with E-state index in [-0.39, 0.29) is 6.32 Å². The highest BCUT2D eigenvalue weighted by Crippen LogP contribution is 2.17. The second kappa shape index (κ2) is 8.74. The molecule has 2 aromatic carbocycles. The van der Waals surface area contributed by atoms with Gasteiger partial charge in [0.2, 0.25) is 0 Å². The fourth-order valence-corrected chi connectivity index (χ4v) is 2.57. The minimum atomic E-state index is -3.50. The first-order valence-corrected chi connectivity index (χ1v) is 8.79. The lowest BCUT2D eigenvalue weighted by atomic mass is 10.3. The minimum absolute atomic E-state index is 0. The van der Waals surface area contributed by atoms with E-state index in [0.717, 1.165) is 4.90 Å². The average molecular weight is 325 g/mol. The first-order chi connectivity index (χ1) is 9.99. The summed E-state index contributed by atoms with van der Waals surface area (Å²) >= 11 is 4.14. The molecule has 0 amide bonds. The van der Waals surface area contributed by atoms with Crippen LogP contribution in [0.25, 0.3) is 0 Å². The topological polar surface area (TPSA) is 46.2 Å². The highest BCUT2D eigenvalue weighted by atomic mass is 32.2. The van der Waals surface area contributed by atoms with Crippen LogP contribution in [0.1, 0.15) is 28.1 Å². The van der Waals surface area contributed by atoms with Gasteiger partial charge in [-0.05, 0) is 36.4 Å². The molecule has 116 valence electrons. The maximum Gasteiger partial charge on any atom is 0.261 e. The monoisotopic (exact) mass is 325 g/mol. The normalized spacial score (nSPS) is 10.4. The van der Waals surface area contributed by atoms with Gasteiger partial charge >= 0.3 is 0 Å². The third-order valence-electron chi connectivity index (χ3n) is 2.67. The Kier molecular flexibility index (Phi) is 7.32. The lowest BCUT2D eigenvalue weighted by molar-refractivity contribution is 0.601. The predicted molar refractivity (Wildman–Crippen MR) is 93.6 cm³/mol. The summed E-state index contributed by atoms with van der Waals surface area (Å²) in [6.45, 7) is 4.36. The van der Waals surface area contributed by atoms with Crippen LogP contribution >= 0.6 is 12.6 Å². The van der Waals surface area contributed by atoms with Crippen molar-refractivity contribution < 1.29 is 9.84 Å². The van der Waals surface area contributed by atoms with Crippen LogP contribution in [-0.4, -0.2) is 8.42 Å². The third-order valence-corrected chi connectivity index (χ3v) is 4.37. The Morgan fingerprint density at radius 3 is 1.95 bits per heavy atom. The maximum absolute atomic E-state index is 12.0. The molecule has 0 aliphatic carbocycles. The Balaban J connectivity index is 0.000000791. The van der Waals surface area contributed by atoms with Gasteiger partial charge in [-0.1, -0.05) is 44.9 Å². The van der Waals surface area contributed by atoms with Crippen molar-refractivity contribution in [3.8, 4) is 0 Å². The van der Waals surface area contributed by atoms with Gasteiger partial charge in [-0.25, -0.2) is 8.42 Å². The number of benzene rings is 2. The molecule has 0 saturated heterocycles. The summed E-state index contributed by atoms with van der Waals surface area (Å²) in [6, 6.07) is 15.0. The van der Waals surface area contributed by atoms with E-state index >= 15 is 0 Å². The Morgan fingerprint density at radius 1 is 0.952 bits per heavy atom. The zero-order valence-corrected chi connectivity index (χ0v) is 14.0. The van der Waals surface area contributed by atoms with Gasteiger partial charge in [-0.15, -0.1) is 12.6 Å². The molecular formula is C16H23NO2S2. The largest absolute Gasteiger partial charge is 0.280 e. The molecule has 1 N–H and O–H groups in total. The van der Waals surface area contributed by atoms with Crippen molar-refractivity contribution in [1.29, 1.82) is 0 Å². The van der Waals surface area contributed by atoms with Crippen LogP contribution in [0.5, 0.6) is 0 Å². The van der Waals surface area contributed by atoms with Crippen molar-refractivity contribution in [2.75, 3.05) is 4.72 Å². The molecule has 0 fully saturated rings. The van der Waals surface area contributed by atoms with Gasteiger partial charge in [-0.3, -0.25) is 4.72 Å². The summed E-state index contributed by atoms with van der Waals surface area (Å²) in [6.07, 6.45) is 2.64. The Morgan fingerprint density at radius 2 is 1.48 bits per heavy atom. The highest BCUT2D eigenvalue weighted by molar-refractivity contribution is 7.92. The van der Waals surface area contributed by atoms with Crippen LogP contribution in [0.3, 0.4) is 0 Å². The second-order valence-corrected chi connectivity index (χ2v) is 6.66. The number of unbranched alkanes of at least 4 members (excludes halogenated alkanes) is 1. The molecule has 0 radical (unpaired) electrons. The van der Waals surface area contributed by atoms with Crippen molar-refractivity contribution >= 4 is 28.3 Å². The summed E-state index contributed by atoms with van der Waals surface area (Å²) in [7, 11) is -3.50. The molecule has 2 rings (SSSR count). The Hall–Kier alpha value is -1.46. The zero-order chi connectivity index (χ0) is 15.7. The number of rotatable bonds is 4. The van der Waals surface area contributed by atoms with Crippen LogP contribution in [0.4, 0.5) is 5.69 Å². The fraction of sp³-hybridized carbons (Fsp3) is 0.250. The van der Waals surface area contributed by atoms with Gasteiger partial charge in [0, 0.05) is 12.0 Å². The maximum atomic E-state index is 12.0. The molecule has 0 atom stereocenters. The molecule has 0 aromatic heterocycles. The first kappa shape index (κ1) is 17.6. The Labute approximate surface area is 134 Å². The van der Waals surface area contributed by atoms with E-state index in [4.69, 9.17) is 0 Å². The highest BCUT2D eigenvalue weighted by Gasteiger charge is 2.12. The van der Waals surface area contributed by atoms with Crippen LogP contribution in [0.2, 0.25) is 0 Å². The summed E-state index contributed by atoms with van der Waals surface area (Å²) < 4.78 is 26.4. The molecule has 21 heavy (non-hydrogen) atoms. The van der Waals surface area contributed by atoms with E-state index in [9.17, 15) is 8.42 Å². The SMILES string of the molecule is CCCC.O=S(=O)(Nc1ccc(S)cc1)c1ccccc1.[HH]. The van der Waals surface area contributed by atoms with Crippen LogP contribution in [0.15, 0.2) is 64.4 Å². The van der Waals surface area contributed by atoms with Crippen molar-refractivity contribution in [1.82, 2.24) is 0 Å². The number of anilines is 1. The molecule has 0 unspecified atom stereocenters. The van der Waals surface area contributed by atoms with E-state index < -0.39 is 10.0 Å². The summed E-state index contributed by atoms with van der Waals surface area (Å²) in [5.74, 6) is 0. The molecule has 0 bridgehead atoms. The van der Waals surface area contributed by atoms with Crippen LogP contribution < -0.4 is 4.72 Å². The van der Waals surface area contributed by atoms with Gasteiger partial charge < -0.3 is 0 Å². The van der Waals surface area contributed by atoms with Crippen molar-refractivity contribution in [2.24, 2.45) is 0 Å². The molecule has 2 aromatic rings. The zero-order valence-electron chi connectivity index (χ0n) is 12.3. The number of thiol groups is 1. The van der Waals surface area contributed by atoms with Gasteiger partial charge in [0.05, 0.1) is 4.90 Å². The van der Waals surface area contributed by atoms with Gasteiger partial charge in [0.1, 0.15) is 0 Å². The molecule has 3 nitrogen and oxygen atoms in total. The molecule has 0 heterocycles. The van der Waals surface area contributed by atoms with Crippen LogP contribution in [-0.2, 0) is 10.0 Å². The number of hydrogen-bond acceptors (Lipinski definition) is 3. The van der Waals surface area contributed by atoms with E-state index in [1.165, 1.54) is 12.8 Å². The number of nitrogens with one attached hydrogen (secondary N) is 1. The molecule has 0 aliphatic rings. The smallest absolute Gasteiger partial charge is 0.261 e. The van der Waals surface area contributed by atoms with Gasteiger partial charge in [-0.2, -0.15) is 0 Å². The first-order valence-electron chi connectivity index (χ1n) is 6.86. The lowest BCUT2D eigenvalue weighted by Crippen LogP contribution is -2.12. The van der Waals surface area contributed by atoms with Crippen molar-refractivity contribution in [2.45, 2.75) is 36.5 Å². The summed E-state index contributed by atoms with van der Waals surface area (Å²) in [4.78, 5) is 1.03. The van der Waals surface area contributed by atoms with Crippen molar-refractivity contribution in [3.63, 3.8) is 0 Å². The molecule has 0 aliphatic heterocycles. The number of sulfonamides is 1. The van der Waals surface area contributed by atoms with E-state index in [2.05, 4.69) is 31.2 Å². The molecular weight excluding hydrogens is 302 g/mol.